The largest absolute Gasteiger partial charge is 0.360 e. The first kappa shape index (κ1) is 20.0. The van der Waals surface area contributed by atoms with Crippen LogP contribution in [0.4, 0.5) is 0 Å². The SMILES string of the molecule is CC1(C)NC(CCNCc2ccc3c(c2)CN(C2CCC(=O)NC2=O)C3=O)CO1. The van der Waals surface area contributed by atoms with E-state index in [1.807, 2.05) is 32.0 Å². The zero-order chi connectivity index (χ0) is 20.6. The molecule has 29 heavy (non-hydrogen) atoms. The topological polar surface area (TPSA) is 99.8 Å². The third kappa shape index (κ3) is 4.34. The molecular weight excluding hydrogens is 372 g/mol. The summed E-state index contributed by atoms with van der Waals surface area (Å²) in [4.78, 5) is 37.8. The first-order valence-corrected chi connectivity index (χ1v) is 10.2. The number of nitrogens with zero attached hydrogens (tertiary/aromatic N) is 1. The van der Waals surface area contributed by atoms with Gasteiger partial charge in [0.1, 0.15) is 11.8 Å². The number of amides is 3. The Hall–Kier alpha value is -2.29. The van der Waals surface area contributed by atoms with E-state index in [9.17, 15) is 14.4 Å². The molecule has 8 nitrogen and oxygen atoms in total. The molecule has 3 heterocycles. The summed E-state index contributed by atoms with van der Waals surface area (Å²) in [5, 5.41) is 9.23. The Morgan fingerprint density at radius 1 is 1.28 bits per heavy atom. The van der Waals surface area contributed by atoms with E-state index < -0.39 is 6.04 Å². The first-order chi connectivity index (χ1) is 13.8. The number of rotatable bonds is 6. The van der Waals surface area contributed by atoms with E-state index in [1.165, 1.54) is 0 Å². The molecule has 0 spiro atoms. The van der Waals surface area contributed by atoms with Crippen molar-refractivity contribution >= 4 is 17.7 Å². The molecule has 0 radical (unpaired) electrons. The molecular formula is C21H28N4O4. The number of nitrogens with one attached hydrogen (secondary N) is 3. The zero-order valence-corrected chi connectivity index (χ0v) is 16.9. The van der Waals surface area contributed by atoms with Gasteiger partial charge in [-0.2, -0.15) is 0 Å². The van der Waals surface area contributed by atoms with Crippen LogP contribution in [0.5, 0.6) is 0 Å². The minimum Gasteiger partial charge on any atom is -0.360 e. The van der Waals surface area contributed by atoms with Crippen molar-refractivity contribution in [3.63, 3.8) is 0 Å². The lowest BCUT2D eigenvalue weighted by atomic mass is 10.0. The molecule has 4 rings (SSSR count). The van der Waals surface area contributed by atoms with Crippen LogP contribution in [0.2, 0.25) is 0 Å². The van der Waals surface area contributed by atoms with E-state index in [2.05, 4.69) is 16.0 Å². The van der Waals surface area contributed by atoms with E-state index in [4.69, 9.17) is 4.74 Å². The second kappa shape index (κ2) is 7.85. The number of carbonyl (C=O) groups is 3. The number of hydrogen-bond acceptors (Lipinski definition) is 6. The summed E-state index contributed by atoms with van der Waals surface area (Å²) in [5.74, 6) is -0.785. The molecule has 156 valence electrons. The lowest BCUT2D eigenvalue weighted by Gasteiger charge is -2.29. The molecule has 3 amide bonds. The van der Waals surface area contributed by atoms with Gasteiger partial charge in [-0.3, -0.25) is 25.0 Å². The van der Waals surface area contributed by atoms with Gasteiger partial charge in [0.05, 0.1) is 6.61 Å². The predicted molar refractivity (Wildman–Crippen MR) is 106 cm³/mol. The molecule has 3 aliphatic heterocycles. The van der Waals surface area contributed by atoms with E-state index >= 15 is 0 Å². The average molecular weight is 400 g/mol. The number of carbonyl (C=O) groups excluding carboxylic acids is 3. The van der Waals surface area contributed by atoms with Gasteiger partial charge in [0.15, 0.2) is 0 Å². The zero-order valence-electron chi connectivity index (χ0n) is 16.9. The van der Waals surface area contributed by atoms with E-state index in [0.717, 1.165) is 37.2 Å². The maximum absolute atomic E-state index is 12.7. The average Bonchev–Trinajstić information content (AvgIpc) is 3.18. The molecule has 8 heteroatoms. The minimum atomic E-state index is -0.570. The van der Waals surface area contributed by atoms with Crippen LogP contribution in [-0.2, 0) is 27.4 Å². The van der Waals surface area contributed by atoms with Crippen LogP contribution in [0.25, 0.3) is 0 Å². The molecule has 2 unspecified atom stereocenters. The Kier molecular flexibility index (Phi) is 5.42. The molecule has 2 saturated heterocycles. The molecule has 0 aliphatic carbocycles. The fourth-order valence-electron chi connectivity index (χ4n) is 4.29. The maximum atomic E-state index is 12.7. The van der Waals surface area contributed by atoms with Gasteiger partial charge in [0.2, 0.25) is 11.8 Å². The van der Waals surface area contributed by atoms with Crippen molar-refractivity contribution in [1.29, 1.82) is 0 Å². The van der Waals surface area contributed by atoms with Crippen molar-refractivity contribution in [3.05, 3.63) is 34.9 Å². The highest BCUT2D eigenvalue weighted by atomic mass is 16.5. The number of imide groups is 1. The molecule has 0 saturated carbocycles. The molecule has 1 aromatic rings. The van der Waals surface area contributed by atoms with Crippen molar-refractivity contribution in [2.45, 2.75) is 64.0 Å². The van der Waals surface area contributed by atoms with Gasteiger partial charge in [-0.15, -0.1) is 0 Å². The maximum Gasteiger partial charge on any atom is 0.255 e. The molecule has 0 bridgehead atoms. The van der Waals surface area contributed by atoms with Gasteiger partial charge in [0, 0.05) is 31.1 Å². The fraction of sp³-hybridized carbons (Fsp3) is 0.571. The quantitative estimate of drug-likeness (QED) is 0.479. The molecule has 2 fully saturated rings. The highest BCUT2D eigenvalue weighted by molar-refractivity contribution is 6.05. The van der Waals surface area contributed by atoms with Gasteiger partial charge < -0.3 is 15.0 Å². The smallest absolute Gasteiger partial charge is 0.255 e. The number of benzene rings is 1. The Labute approximate surface area is 170 Å². The van der Waals surface area contributed by atoms with Gasteiger partial charge >= 0.3 is 0 Å². The molecule has 3 aliphatic rings. The van der Waals surface area contributed by atoms with Crippen LogP contribution in [0.15, 0.2) is 18.2 Å². The van der Waals surface area contributed by atoms with Crippen LogP contribution in [-0.4, -0.2) is 53.6 Å². The summed E-state index contributed by atoms with van der Waals surface area (Å²) in [7, 11) is 0. The summed E-state index contributed by atoms with van der Waals surface area (Å²) in [5.41, 5.74) is 2.45. The summed E-state index contributed by atoms with van der Waals surface area (Å²) in [6.45, 7) is 6.79. The Morgan fingerprint density at radius 3 is 2.83 bits per heavy atom. The Bertz CT molecular complexity index is 838. The van der Waals surface area contributed by atoms with Crippen molar-refractivity contribution in [2.24, 2.45) is 0 Å². The van der Waals surface area contributed by atoms with Gasteiger partial charge in [-0.25, -0.2) is 0 Å². The monoisotopic (exact) mass is 400 g/mol. The van der Waals surface area contributed by atoms with Gasteiger partial charge in [0.25, 0.3) is 5.91 Å². The van der Waals surface area contributed by atoms with Crippen LogP contribution in [0, 0.1) is 0 Å². The van der Waals surface area contributed by atoms with Gasteiger partial charge in [-0.1, -0.05) is 12.1 Å². The number of fused-ring (bicyclic) bond motifs is 1. The highest BCUT2D eigenvalue weighted by Crippen LogP contribution is 2.28. The number of hydrogen-bond donors (Lipinski definition) is 3. The summed E-state index contributed by atoms with van der Waals surface area (Å²) in [6.07, 6.45) is 1.63. The second-order valence-corrected chi connectivity index (χ2v) is 8.52. The Morgan fingerprint density at radius 2 is 2.10 bits per heavy atom. The van der Waals surface area contributed by atoms with Crippen LogP contribution < -0.4 is 16.0 Å². The molecule has 0 aromatic heterocycles. The fourth-order valence-corrected chi connectivity index (χ4v) is 4.29. The van der Waals surface area contributed by atoms with E-state index in [-0.39, 0.29) is 29.9 Å². The Balaban J connectivity index is 1.31. The lowest BCUT2D eigenvalue weighted by Crippen LogP contribution is -2.52. The third-order valence-electron chi connectivity index (χ3n) is 5.78. The standard InChI is InChI=1S/C21H28N4O4/c1-21(2)24-15(12-29-21)7-8-22-10-13-3-4-16-14(9-13)11-25(20(16)28)17-5-6-18(26)23-19(17)27/h3-4,9,15,17,22,24H,5-8,10-12H2,1-2H3,(H,23,26,27). The van der Waals surface area contributed by atoms with Crippen molar-refractivity contribution in [2.75, 3.05) is 13.2 Å². The van der Waals surface area contributed by atoms with Crippen LogP contribution in [0.1, 0.15) is 54.6 Å². The molecule has 2 atom stereocenters. The van der Waals surface area contributed by atoms with Crippen molar-refractivity contribution in [3.8, 4) is 0 Å². The summed E-state index contributed by atoms with van der Waals surface area (Å²) in [6, 6.07) is 5.62. The summed E-state index contributed by atoms with van der Waals surface area (Å²) < 4.78 is 5.68. The first-order valence-electron chi connectivity index (χ1n) is 10.2. The number of piperidine rings is 1. The third-order valence-corrected chi connectivity index (χ3v) is 5.78. The predicted octanol–water partition coefficient (Wildman–Crippen LogP) is 0.652. The van der Waals surface area contributed by atoms with Crippen LogP contribution in [0.3, 0.4) is 0 Å². The van der Waals surface area contributed by atoms with E-state index in [0.29, 0.717) is 24.6 Å². The minimum absolute atomic E-state index is 0.135. The van der Waals surface area contributed by atoms with Gasteiger partial charge in [-0.05, 0) is 50.4 Å². The van der Waals surface area contributed by atoms with E-state index in [1.54, 1.807) is 4.90 Å². The highest BCUT2D eigenvalue weighted by Gasteiger charge is 2.39. The number of ether oxygens (including phenoxy) is 1. The van der Waals surface area contributed by atoms with Crippen LogP contribution >= 0.6 is 0 Å². The molecule has 1 aromatic carbocycles. The summed E-state index contributed by atoms with van der Waals surface area (Å²) >= 11 is 0. The van der Waals surface area contributed by atoms with Crippen molar-refractivity contribution in [1.82, 2.24) is 20.9 Å². The lowest BCUT2D eigenvalue weighted by molar-refractivity contribution is -0.136. The molecule has 3 N–H and O–H groups in total. The van der Waals surface area contributed by atoms with Crippen molar-refractivity contribution < 1.29 is 19.1 Å². The second-order valence-electron chi connectivity index (χ2n) is 8.52. The normalized spacial score (nSPS) is 26.0.